The second-order valence-corrected chi connectivity index (χ2v) is 13.8. The molecule has 0 aromatic heterocycles. The summed E-state index contributed by atoms with van der Waals surface area (Å²) in [5.41, 5.74) is 8.95. The zero-order valence-corrected chi connectivity index (χ0v) is 19.3. The number of nitrogens with zero attached hydrogens (tertiary/aromatic N) is 2. The molecule has 0 radical (unpaired) electrons. The van der Waals surface area contributed by atoms with Crippen LogP contribution in [-0.4, -0.2) is 13.8 Å². The zero-order valence-electron chi connectivity index (χ0n) is 17.6. The molecule has 0 fully saturated rings. The molecule has 1 unspecified atom stereocenters. The predicted molar refractivity (Wildman–Crippen MR) is 131 cm³/mol. The van der Waals surface area contributed by atoms with Gasteiger partial charge < -0.3 is 0 Å². The van der Waals surface area contributed by atoms with Gasteiger partial charge in [-0.05, 0) is 47.5 Å². The van der Waals surface area contributed by atoms with Gasteiger partial charge in [0, 0.05) is 17.0 Å². The molecule has 3 aromatic rings. The molecule has 0 saturated heterocycles. The Balaban J connectivity index is 1.66. The van der Waals surface area contributed by atoms with Crippen molar-refractivity contribution < 1.29 is 0 Å². The molecule has 30 heavy (non-hydrogen) atoms. The number of rotatable bonds is 3. The SMILES string of the molecule is C[Si](C)(C)C#Cc1ccc(C2=NN(c3ccccc3)C(c3cccc(Cl)c3)C2)cc1. The molecule has 0 N–H and O–H groups in total. The average Bonchev–Trinajstić information content (AvgIpc) is 3.18. The monoisotopic (exact) mass is 428 g/mol. The molecule has 0 amide bonds. The third-order valence-electron chi connectivity index (χ3n) is 4.96. The summed E-state index contributed by atoms with van der Waals surface area (Å²) >= 11 is 6.28. The van der Waals surface area contributed by atoms with E-state index in [-0.39, 0.29) is 6.04 Å². The Kier molecular flexibility index (Phi) is 5.81. The molecule has 1 atom stereocenters. The number of hydrogen-bond donors (Lipinski definition) is 0. The number of hydrazone groups is 1. The lowest BCUT2D eigenvalue weighted by atomic mass is 9.97. The molecule has 4 heteroatoms. The van der Waals surface area contributed by atoms with E-state index < -0.39 is 8.07 Å². The highest BCUT2D eigenvalue weighted by Gasteiger charge is 2.30. The van der Waals surface area contributed by atoms with Crippen molar-refractivity contribution in [3.8, 4) is 11.5 Å². The molecule has 1 heterocycles. The van der Waals surface area contributed by atoms with Crippen molar-refractivity contribution >= 4 is 31.1 Å². The number of hydrogen-bond acceptors (Lipinski definition) is 2. The van der Waals surface area contributed by atoms with Crippen molar-refractivity contribution in [2.24, 2.45) is 5.10 Å². The van der Waals surface area contributed by atoms with E-state index in [9.17, 15) is 0 Å². The Morgan fingerprint density at radius 3 is 2.33 bits per heavy atom. The van der Waals surface area contributed by atoms with Gasteiger partial charge in [0.05, 0.1) is 17.4 Å². The summed E-state index contributed by atoms with van der Waals surface area (Å²) in [5, 5.41) is 7.87. The highest BCUT2D eigenvalue weighted by Crippen LogP contribution is 2.37. The topological polar surface area (TPSA) is 15.6 Å². The molecule has 0 aliphatic carbocycles. The van der Waals surface area contributed by atoms with E-state index in [2.05, 4.69) is 78.6 Å². The first-order chi connectivity index (χ1) is 14.4. The lowest BCUT2D eigenvalue weighted by Crippen LogP contribution is -2.18. The molecule has 1 aliphatic rings. The van der Waals surface area contributed by atoms with E-state index >= 15 is 0 Å². The lowest BCUT2D eigenvalue weighted by Gasteiger charge is -2.24. The Morgan fingerprint density at radius 1 is 0.933 bits per heavy atom. The molecule has 4 rings (SSSR count). The quantitative estimate of drug-likeness (QED) is 0.326. The normalized spacial score (nSPS) is 16.1. The van der Waals surface area contributed by atoms with Crippen molar-refractivity contribution in [2.45, 2.75) is 32.1 Å². The highest BCUT2D eigenvalue weighted by molar-refractivity contribution is 6.83. The Hall–Kier alpha value is -2.80. The fraction of sp³-hybridized carbons (Fsp3) is 0.192. The van der Waals surface area contributed by atoms with Crippen LogP contribution in [0.25, 0.3) is 0 Å². The fourth-order valence-corrected chi connectivity index (χ4v) is 4.20. The van der Waals surface area contributed by atoms with Gasteiger partial charge in [-0.3, -0.25) is 5.01 Å². The van der Waals surface area contributed by atoms with Gasteiger partial charge in [0.1, 0.15) is 8.07 Å². The number of benzene rings is 3. The summed E-state index contributed by atoms with van der Waals surface area (Å²) in [6.07, 6.45) is 0.829. The van der Waals surface area contributed by atoms with Gasteiger partial charge in [0.25, 0.3) is 0 Å². The van der Waals surface area contributed by atoms with Gasteiger partial charge in [-0.1, -0.05) is 79.6 Å². The summed E-state index contributed by atoms with van der Waals surface area (Å²) in [4.78, 5) is 0. The maximum Gasteiger partial charge on any atom is 0.129 e. The first-order valence-electron chi connectivity index (χ1n) is 10.2. The second-order valence-electron chi connectivity index (χ2n) is 8.58. The van der Waals surface area contributed by atoms with E-state index in [0.29, 0.717) is 0 Å². The van der Waals surface area contributed by atoms with Crippen molar-refractivity contribution in [1.82, 2.24) is 0 Å². The third kappa shape index (κ3) is 4.84. The highest BCUT2D eigenvalue weighted by atomic mass is 35.5. The van der Waals surface area contributed by atoms with Crippen LogP contribution in [0.2, 0.25) is 24.7 Å². The van der Waals surface area contributed by atoms with E-state index in [1.54, 1.807) is 0 Å². The number of anilines is 1. The van der Waals surface area contributed by atoms with Crippen LogP contribution in [0, 0.1) is 11.5 Å². The lowest BCUT2D eigenvalue weighted by molar-refractivity contribution is 0.709. The standard InChI is InChI=1S/C26H25ClN2Si/c1-30(2,3)17-16-20-12-14-21(15-13-20)25-19-26(22-8-7-9-23(27)18-22)29(28-25)24-10-5-4-6-11-24/h4-15,18,26H,19H2,1-3H3. The Bertz CT molecular complexity index is 1120. The summed E-state index contributed by atoms with van der Waals surface area (Å²) in [6.45, 7) is 6.78. The van der Waals surface area contributed by atoms with Crippen LogP contribution in [0.4, 0.5) is 5.69 Å². The summed E-state index contributed by atoms with van der Waals surface area (Å²) < 4.78 is 0. The second kappa shape index (κ2) is 8.51. The van der Waals surface area contributed by atoms with E-state index in [4.69, 9.17) is 16.7 Å². The van der Waals surface area contributed by atoms with Crippen molar-refractivity contribution in [3.63, 3.8) is 0 Å². The molecule has 0 spiro atoms. The molecular weight excluding hydrogens is 404 g/mol. The average molecular weight is 429 g/mol. The molecule has 150 valence electrons. The van der Waals surface area contributed by atoms with Gasteiger partial charge >= 0.3 is 0 Å². The maximum absolute atomic E-state index is 6.28. The maximum atomic E-state index is 6.28. The van der Waals surface area contributed by atoms with Crippen LogP contribution in [0.5, 0.6) is 0 Å². The minimum absolute atomic E-state index is 0.118. The van der Waals surface area contributed by atoms with E-state index in [1.807, 2.05) is 36.4 Å². The minimum Gasteiger partial charge on any atom is -0.257 e. The Morgan fingerprint density at radius 2 is 1.67 bits per heavy atom. The zero-order chi connectivity index (χ0) is 21.1. The first-order valence-corrected chi connectivity index (χ1v) is 14.1. The summed E-state index contributed by atoms with van der Waals surface area (Å²) in [5.74, 6) is 3.32. The molecule has 0 saturated carbocycles. The van der Waals surface area contributed by atoms with Crippen LogP contribution in [0.3, 0.4) is 0 Å². The molecule has 1 aliphatic heterocycles. The van der Waals surface area contributed by atoms with Gasteiger partial charge in [0.15, 0.2) is 0 Å². The molecule has 3 aromatic carbocycles. The predicted octanol–water partition coefficient (Wildman–Crippen LogP) is 6.92. The largest absolute Gasteiger partial charge is 0.257 e. The van der Waals surface area contributed by atoms with Crippen LogP contribution >= 0.6 is 11.6 Å². The number of halogens is 1. The summed E-state index contributed by atoms with van der Waals surface area (Å²) in [7, 11) is -1.38. The van der Waals surface area contributed by atoms with Crippen LogP contribution < -0.4 is 5.01 Å². The first kappa shape index (κ1) is 20.5. The summed E-state index contributed by atoms with van der Waals surface area (Å²) in [6, 6.07) is 27.0. The molecular formula is C26H25ClN2Si. The van der Waals surface area contributed by atoms with Crippen molar-refractivity contribution in [1.29, 1.82) is 0 Å². The number of para-hydroxylation sites is 1. The van der Waals surface area contributed by atoms with Crippen LogP contribution in [0.1, 0.15) is 29.2 Å². The van der Waals surface area contributed by atoms with E-state index in [1.165, 1.54) is 5.56 Å². The molecule has 2 nitrogen and oxygen atoms in total. The molecule has 0 bridgehead atoms. The van der Waals surface area contributed by atoms with Gasteiger partial charge in [-0.2, -0.15) is 5.10 Å². The van der Waals surface area contributed by atoms with Crippen LogP contribution in [-0.2, 0) is 0 Å². The third-order valence-corrected chi connectivity index (χ3v) is 6.07. The van der Waals surface area contributed by atoms with Gasteiger partial charge in [-0.15, -0.1) is 5.54 Å². The van der Waals surface area contributed by atoms with Crippen molar-refractivity contribution in [2.75, 3.05) is 5.01 Å². The van der Waals surface area contributed by atoms with Gasteiger partial charge in [0.2, 0.25) is 0 Å². The van der Waals surface area contributed by atoms with Crippen LogP contribution in [0.15, 0.2) is 84.0 Å². The van der Waals surface area contributed by atoms with Gasteiger partial charge in [-0.25, -0.2) is 0 Å². The van der Waals surface area contributed by atoms with E-state index in [0.717, 1.165) is 34.0 Å². The fourth-order valence-electron chi connectivity index (χ4n) is 3.48. The smallest absolute Gasteiger partial charge is 0.129 e. The minimum atomic E-state index is -1.38. The Labute approximate surface area is 185 Å². The van der Waals surface area contributed by atoms with Crippen molar-refractivity contribution in [3.05, 3.63) is 101 Å².